The Kier molecular flexibility index (Phi) is 3.60. The summed E-state index contributed by atoms with van der Waals surface area (Å²) in [5, 5.41) is 11.7. The number of carbonyl (C=O) groups is 2. The summed E-state index contributed by atoms with van der Waals surface area (Å²) in [6.07, 6.45) is 0.459. The van der Waals surface area contributed by atoms with Gasteiger partial charge in [-0.15, -0.1) is 0 Å². The van der Waals surface area contributed by atoms with Gasteiger partial charge in [0.25, 0.3) is 0 Å². The summed E-state index contributed by atoms with van der Waals surface area (Å²) in [6.45, 7) is 5.95. The van der Waals surface area contributed by atoms with Crippen LogP contribution in [0.2, 0.25) is 0 Å². The van der Waals surface area contributed by atoms with Gasteiger partial charge in [0.2, 0.25) is 5.91 Å². The molecule has 0 bridgehead atoms. The van der Waals surface area contributed by atoms with Crippen LogP contribution in [0.15, 0.2) is 18.2 Å². The molecule has 1 aliphatic rings. The second-order valence-electron chi connectivity index (χ2n) is 5.38. The summed E-state index contributed by atoms with van der Waals surface area (Å²) in [6, 6.07) is 6.03. The van der Waals surface area contributed by atoms with Crippen LogP contribution in [0.1, 0.15) is 36.1 Å². The van der Waals surface area contributed by atoms with Crippen molar-refractivity contribution >= 4 is 11.9 Å². The standard InChI is InChI=1S/C15H19NO3/c1-8-4-5-9(2)11(6-8)10(3)16-14(17)12-7-13(12)15(18)19/h4-6,10,12-13H,7H2,1-3H3,(H,16,17)(H,18,19). The minimum Gasteiger partial charge on any atom is -0.481 e. The lowest BCUT2D eigenvalue weighted by molar-refractivity contribution is -0.140. The molecule has 0 saturated heterocycles. The number of amides is 1. The van der Waals surface area contributed by atoms with E-state index in [1.54, 1.807) is 0 Å². The highest BCUT2D eigenvalue weighted by atomic mass is 16.4. The van der Waals surface area contributed by atoms with E-state index in [4.69, 9.17) is 5.11 Å². The first kappa shape index (κ1) is 13.6. The van der Waals surface area contributed by atoms with Gasteiger partial charge in [-0.05, 0) is 38.3 Å². The van der Waals surface area contributed by atoms with Crippen molar-refractivity contribution in [2.75, 3.05) is 0 Å². The number of carbonyl (C=O) groups excluding carboxylic acids is 1. The molecule has 1 saturated carbocycles. The van der Waals surface area contributed by atoms with Gasteiger partial charge in [0, 0.05) is 0 Å². The van der Waals surface area contributed by atoms with Crippen LogP contribution in [-0.2, 0) is 9.59 Å². The number of aryl methyl sites for hydroxylation is 2. The Labute approximate surface area is 112 Å². The summed E-state index contributed by atoms with van der Waals surface area (Å²) in [4.78, 5) is 22.7. The molecule has 0 aromatic heterocycles. The van der Waals surface area contributed by atoms with Crippen molar-refractivity contribution in [3.63, 3.8) is 0 Å². The molecule has 1 aliphatic carbocycles. The largest absolute Gasteiger partial charge is 0.481 e. The maximum Gasteiger partial charge on any atom is 0.307 e. The van der Waals surface area contributed by atoms with Crippen LogP contribution in [0.3, 0.4) is 0 Å². The highest BCUT2D eigenvalue weighted by Crippen LogP contribution is 2.39. The summed E-state index contributed by atoms with van der Waals surface area (Å²) in [5.41, 5.74) is 3.36. The van der Waals surface area contributed by atoms with E-state index >= 15 is 0 Å². The summed E-state index contributed by atoms with van der Waals surface area (Å²) >= 11 is 0. The fourth-order valence-electron chi connectivity index (χ4n) is 2.38. The van der Waals surface area contributed by atoms with E-state index < -0.39 is 11.9 Å². The van der Waals surface area contributed by atoms with Crippen molar-refractivity contribution in [1.82, 2.24) is 5.32 Å². The fraction of sp³-hybridized carbons (Fsp3) is 0.467. The number of carboxylic acid groups (broad SMARTS) is 1. The SMILES string of the molecule is Cc1ccc(C)c(C(C)NC(=O)C2CC2C(=O)O)c1. The van der Waals surface area contributed by atoms with Gasteiger partial charge < -0.3 is 10.4 Å². The molecule has 0 radical (unpaired) electrons. The average Bonchev–Trinajstić information content (AvgIpc) is 3.12. The Balaban J connectivity index is 2.01. The predicted octanol–water partition coefficient (Wildman–Crippen LogP) is 2.20. The maximum atomic E-state index is 11.9. The van der Waals surface area contributed by atoms with Crippen LogP contribution >= 0.6 is 0 Å². The minimum absolute atomic E-state index is 0.0950. The van der Waals surface area contributed by atoms with Crippen molar-refractivity contribution in [1.29, 1.82) is 0 Å². The van der Waals surface area contributed by atoms with Crippen LogP contribution in [0.25, 0.3) is 0 Å². The van der Waals surface area contributed by atoms with E-state index in [1.165, 1.54) is 0 Å². The van der Waals surface area contributed by atoms with E-state index in [0.717, 1.165) is 16.7 Å². The molecule has 3 atom stereocenters. The normalized spacial score (nSPS) is 22.7. The summed E-state index contributed by atoms with van der Waals surface area (Å²) < 4.78 is 0. The topological polar surface area (TPSA) is 66.4 Å². The van der Waals surface area contributed by atoms with Gasteiger partial charge in [0.15, 0.2) is 0 Å². The highest BCUT2D eigenvalue weighted by Gasteiger charge is 2.48. The minimum atomic E-state index is -0.875. The molecule has 102 valence electrons. The van der Waals surface area contributed by atoms with Crippen molar-refractivity contribution < 1.29 is 14.7 Å². The maximum absolute atomic E-state index is 11.9. The number of hydrogen-bond donors (Lipinski definition) is 2. The first-order chi connectivity index (χ1) is 8.90. The quantitative estimate of drug-likeness (QED) is 0.873. The van der Waals surface area contributed by atoms with E-state index in [-0.39, 0.29) is 17.9 Å². The molecule has 0 spiro atoms. The molecule has 3 unspecified atom stereocenters. The predicted molar refractivity (Wildman–Crippen MR) is 71.7 cm³/mol. The molecule has 0 heterocycles. The lowest BCUT2D eigenvalue weighted by Gasteiger charge is -2.17. The number of carboxylic acids is 1. The molecule has 2 rings (SSSR count). The molecule has 1 aromatic carbocycles. The molecule has 1 fully saturated rings. The van der Waals surface area contributed by atoms with Crippen molar-refractivity contribution in [3.05, 3.63) is 34.9 Å². The second-order valence-corrected chi connectivity index (χ2v) is 5.38. The van der Waals surface area contributed by atoms with E-state index in [2.05, 4.69) is 11.4 Å². The zero-order valence-corrected chi connectivity index (χ0v) is 11.4. The van der Waals surface area contributed by atoms with Gasteiger partial charge in [0.1, 0.15) is 0 Å². The van der Waals surface area contributed by atoms with Crippen molar-refractivity contribution in [2.24, 2.45) is 11.8 Å². The van der Waals surface area contributed by atoms with Crippen LogP contribution in [0, 0.1) is 25.7 Å². The van der Waals surface area contributed by atoms with Crippen molar-refractivity contribution in [2.45, 2.75) is 33.2 Å². The lowest BCUT2D eigenvalue weighted by Crippen LogP contribution is -2.29. The first-order valence-corrected chi connectivity index (χ1v) is 6.50. The molecule has 19 heavy (non-hydrogen) atoms. The fourth-order valence-corrected chi connectivity index (χ4v) is 2.38. The molecule has 1 amide bonds. The molecule has 0 aliphatic heterocycles. The highest BCUT2D eigenvalue weighted by molar-refractivity contribution is 5.89. The smallest absolute Gasteiger partial charge is 0.307 e. The van der Waals surface area contributed by atoms with E-state index in [0.29, 0.717) is 6.42 Å². The number of rotatable bonds is 4. The van der Waals surface area contributed by atoms with Crippen LogP contribution in [0.4, 0.5) is 0 Å². The Morgan fingerprint density at radius 3 is 2.58 bits per heavy atom. The Morgan fingerprint density at radius 2 is 2.00 bits per heavy atom. The number of nitrogens with one attached hydrogen (secondary N) is 1. The zero-order valence-electron chi connectivity index (χ0n) is 11.4. The van der Waals surface area contributed by atoms with Gasteiger partial charge in [-0.2, -0.15) is 0 Å². The first-order valence-electron chi connectivity index (χ1n) is 6.50. The van der Waals surface area contributed by atoms with Crippen LogP contribution in [0.5, 0.6) is 0 Å². The Hall–Kier alpha value is -1.84. The van der Waals surface area contributed by atoms with Gasteiger partial charge in [-0.3, -0.25) is 9.59 Å². The van der Waals surface area contributed by atoms with Crippen LogP contribution < -0.4 is 5.32 Å². The molecule has 4 heteroatoms. The lowest BCUT2D eigenvalue weighted by atomic mass is 10.00. The van der Waals surface area contributed by atoms with Crippen LogP contribution in [-0.4, -0.2) is 17.0 Å². The third-order valence-electron chi connectivity index (χ3n) is 3.70. The molecule has 4 nitrogen and oxygen atoms in total. The number of aliphatic carboxylic acids is 1. The van der Waals surface area contributed by atoms with Gasteiger partial charge in [0.05, 0.1) is 17.9 Å². The van der Waals surface area contributed by atoms with Gasteiger partial charge in [-0.1, -0.05) is 23.8 Å². The van der Waals surface area contributed by atoms with Crippen molar-refractivity contribution in [3.8, 4) is 0 Å². The third-order valence-corrected chi connectivity index (χ3v) is 3.70. The summed E-state index contributed by atoms with van der Waals surface area (Å²) in [5.74, 6) is -1.88. The van der Waals surface area contributed by atoms with Gasteiger partial charge in [-0.25, -0.2) is 0 Å². The number of hydrogen-bond acceptors (Lipinski definition) is 2. The summed E-state index contributed by atoms with van der Waals surface area (Å²) in [7, 11) is 0. The average molecular weight is 261 g/mol. The Morgan fingerprint density at radius 1 is 1.32 bits per heavy atom. The van der Waals surface area contributed by atoms with Gasteiger partial charge >= 0.3 is 5.97 Å². The monoisotopic (exact) mass is 261 g/mol. The third kappa shape index (κ3) is 2.95. The molecular formula is C15H19NO3. The zero-order chi connectivity index (χ0) is 14.2. The Bertz CT molecular complexity index is 524. The molecular weight excluding hydrogens is 242 g/mol. The molecule has 2 N–H and O–H groups in total. The van der Waals surface area contributed by atoms with E-state index in [9.17, 15) is 9.59 Å². The second kappa shape index (κ2) is 5.03. The molecule has 1 aromatic rings. The number of benzene rings is 1. The van der Waals surface area contributed by atoms with E-state index in [1.807, 2.05) is 32.9 Å².